The minimum absolute atomic E-state index is 0.000284. The molecule has 4 N–H and O–H groups in total. The molecule has 0 aromatic heterocycles. The number of hydrogen-bond donors (Lipinski definition) is 4. The molecule has 0 heterocycles. The lowest BCUT2D eigenvalue weighted by Crippen LogP contribution is -2.44. The molecule has 8 heteroatoms. The fourth-order valence-electron chi connectivity index (χ4n) is 1.22. The monoisotopic (exact) mass is 302 g/mol. The summed E-state index contributed by atoms with van der Waals surface area (Å²) in [6.07, 6.45) is 0.466. The van der Waals surface area contributed by atoms with Crippen molar-refractivity contribution in [2.75, 3.05) is 26.3 Å². The van der Waals surface area contributed by atoms with Gasteiger partial charge in [-0.05, 0) is 34.1 Å². The van der Waals surface area contributed by atoms with E-state index >= 15 is 0 Å². The summed E-state index contributed by atoms with van der Waals surface area (Å²) in [4.78, 5) is 23.7. The topological polar surface area (TPSA) is 123 Å². The summed E-state index contributed by atoms with van der Waals surface area (Å²) in [5, 5.41) is 30.4. The molecule has 0 atom stereocenters. The van der Waals surface area contributed by atoms with Crippen molar-refractivity contribution in [3.8, 4) is 0 Å². The number of azo groups is 1. The molecule has 0 bridgehead atoms. The van der Waals surface area contributed by atoms with Crippen LogP contribution in [0.2, 0.25) is 0 Å². The van der Waals surface area contributed by atoms with Gasteiger partial charge in [0.2, 0.25) is 11.8 Å². The van der Waals surface area contributed by atoms with E-state index in [1.54, 1.807) is 27.7 Å². The van der Waals surface area contributed by atoms with E-state index in [-0.39, 0.29) is 31.6 Å². The number of hydrogen-bond acceptors (Lipinski definition) is 6. The average Bonchev–Trinajstić information content (AvgIpc) is 2.42. The van der Waals surface area contributed by atoms with Gasteiger partial charge in [-0.3, -0.25) is 9.59 Å². The fourth-order valence-corrected chi connectivity index (χ4v) is 1.22. The Hall–Kier alpha value is -1.54. The van der Waals surface area contributed by atoms with Gasteiger partial charge in [0.25, 0.3) is 0 Å². The SMILES string of the molecule is CC(C)(N=NC(C)(C)C(=O)NCCCO)C(=O)NCCO. The van der Waals surface area contributed by atoms with E-state index in [9.17, 15) is 9.59 Å². The molecular weight excluding hydrogens is 276 g/mol. The zero-order chi connectivity index (χ0) is 16.5. The smallest absolute Gasteiger partial charge is 0.249 e. The van der Waals surface area contributed by atoms with E-state index in [0.717, 1.165) is 0 Å². The second kappa shape index (κ2) is 8.68. The Morgan fingerprint density at radius 2 is 1.29 bits per heavy atom. The first kappa shape index (κ1) is 19.5. The quantitative estimate of drug-likeness (QED) is 0.342. The van der Waals surface area contributed by atoms with Gasteiger partial charge in [0.05, 0.1) is 6.61 Å². The Kier molecular flexibility index (Phi) is 8.05. The molecule has 0 aliphatic heterocycles. The summed E-state index contributed by atoms with van der Waals surface area (Å²) >= 11 is 0. The van der Waals surface area contributed by atoms with Crippen LogP contribution >= 0.6 is 0 Å². The molecule has 0 aliphatic rings. The third kappa shape index (κ3) is 7.14. The van der Waals surface area contributed by atoms with E-state index < -0.39 is 11.1 Å². The molecule has 0 aliphatic carbocycles. The number of nitrogens with zero attached hydrogens (tertiary/aromatic N) is 2. The van der Waals surface area contributed by atoms with Crippen LogP contribution in [0.5, 0.6) is 0 Å². The normalized spacial score (nSPS) is 12.5. The second-order valence-electron chi connectivity index (χ2n) is 5.63. The van der Waals surface area contributed by atoms with E-state index in [2.05, 4.69) is 20.9 Å². The van der Waals surface area contributed by atoms with Crippen LogP contribution in [0.25, 0.3) is 0 Å². The Balaban J connectivity index is 4.66. The van der Waals surface area contributed by atoms with Crippen molar-refractivity contribution in [3.63, 3.8) is 0 Å². The van der Waals surface area contributed by atoms with Crippen molar-refractivity contribution in [2.45, 2.75) is 45.2 Å². The van der Waals surface area contributed by atoms with E-state index in [1.165, 1.54) is 0 Å². The number of nitrogens with one attached hydrogen (secondary N) is 2. The van der Waals surface area contributed by atoms with Crippen LogP contribution in [0.4, 0.5) is 0 Å². The van der Waals surface area contributed by atoms with Crippen molar-refractivity contribution >= 4 is 11.8 Å². The Bertz CT molecular complexity index is 380. The maximum atomic E-state index is 11.9. The minimum atomic E-state index is -1.13. The van der Waals surface area contributed by atoms with Crippen LogP contribution in [0.3, 0.4) is 0 Å². The third-order valence-electron chi connectivity index (χ3n) is 2.68. The highest BCUT2D eigenvalue weighted by Gasteiger charge is 2.31. The van der Waals surface area contributed by atoms with Gasteiger partial charge in [0.15, 0.2) is 11.1 Å². The van der Waals surface area contributed by atoms with Gasteiger partial charge in [-0.25, -0.2) is 0 Å². The molecule has 0 unspecified atom stereocenters. The van der Waals surface area contributed by atoms with Gasteiger partial charge in [-0.2, -0.15) is 10.2 Å². The van der Waals surface area contributed by atoms with Gasteiger partial charge in [0, 0.05) is 19.7 Å². The molecule has 122 valence electrons. The van der Waals surface area contributed by atoms with Gasteiger partial charge in [0.1, 0.15) is 0 Å². The summed E-state index contributed by atoms with van der Waals surface area (Å²) in [5.74, 6) is -0.706. The summed E-state index contributed by atoms with van der Waals surface area (Å²) in [5.41, 5.74) is -2.23. The average molecular weight is 302 g/mol. The lowest BCUT2D eigenvalue weighted by Gasteiger charge is -2.22. The number of carbonyl (C=O) groups excluding carboxylic acids is 2. The summed E-state index contributed by atoms with van der Waals surface area (Å²) < 4.78 is 0. The molecule has 0 aromatic carbocycles. The maximum Gasteiger partial charge on any atom is 0.249 e. The van der Waals surface area contributed by atoms with Gasteiger partial charge in [-0.1, -0.05) is 0 Å². The molecular formula is C13H26N4O4. The molecule has 0 aromatic rings. The number of carbonyl (C=O) groups is 2. The Labute approximate surface area is 125 Å². The summed E-state index contributed by atoms with van der Waals surface area (Å²) in [7, 11) is 0. The number of aliphatic hydroxyl groups is 2. The zero-order valence-electron chi connectivity index (χ0n) is 13.1. The third-order valence-corrected chi connectivity index (χ3v) is 2.68. The molecule has 0 saturated heterocycles. The first-order chi connectivity index (χ1) is 9.67. The molecule has 0 rings (SSSR count). The summed E-state index contributed by atoms with van der Waals surface area (Å²) in [6.45, 7) is 6.67. The predicted molar refractivity (Wildman–Crippen MR) is 77.8 cm³/mol. The number of amides is 2. The second-order valence-corrected chi connectivity index (χ2v) is 5.63. The van der Waals surface area contributed by atoms with Crippen LogP contribution in [-0.2, 0) is 9.59 Å². The van der Waals surface area contributed by atoms with Crippen molar-refractivity contribution < 1.29 is 19.8 Å². The number of rotatable bonds is 9. The number of aliphatic hydroxyl groups excluding tert-OH is 2. The van der Waals surface area contributed by atoms with Crippen LogP contribution in [0.15, 0.2) is 10.2 Å². The Morgan fingerprint density at radius 3 is 1.67 bits per heavy atom. The standard InChI is InChI=1S/C13H26N4O4/c1-12(2,10(20)14-6-5-8-18)16-17-13(3,4)11(21)15-7-9-19/h18-19H,5-9H2,1-4H3,(H,14,20)(H,15,21). The lowest BCUT2D eigenvalue weighted by atomic mass is 10.0. The van der Waals surface area contributed by atoms with E-state index in [0.29, 0.717) is 13.0 Å². The van der Waals surface area contributed by atoms with Gasteiger partial charge < -0.3 is 20.8 Å². The highest BCUT2D eigenvalue weighted by atomic mass is 16.3. The maximum absolute atomic E-state index is 11.9. The van der Waals surface area contributed by atoms with Crippen molar-refractivity contribution in [2.24, 2.45) is 10.2 Å². The Morgan fingerprint density at radius 1 is 0.857 bits per heavy atom. The van der Waals surface area contributed by atoms with Crippen LogP contribution in [0, 0.1) is 0 Å². The highest BCUT2D eigenvalue weighted by molar-refractivity contribution is 5.86. The molecule has 2 amide bonds. The van der Waals surface area contributed by atoms with Crippen LogP contribution in [0.1, 0.15) is 34.1 Å². The molecule has 8 nitrogen and oxygen atoms in total. The molecule has 0 saturated carbocycles. The first-order valence-electron chi connectivity index (χ1n) is 6.90. The predicted octanol–water partition coefficient (Wildman–Crippen LogP) is -0.397. The van der Waals surface area contributed by atoms with Gasteiger partial charge >= 0.3 is 0 Å². The zero-order valence-corrected chi connectivity index (χ0v) is 13.1. The minimum Gasteiger partial charge on any atom is -0.396 e. The van der Waals surface area contributed by atoms with Crippen molar-refractivity contribution in [1.82, 2.24) is 10.6 Å². The molecule has 0 radical (unpaired) electrons. The fraction of sp³-hybridized carbons (Fsp3) is 0.846. The van der Waals surface area contributed by atoms with E-state index in [1.807, 2.05) is 0 Å². The van der Waals surface area contributed by atoms with Crippen LogP contribution in [-0.4, -0.2) is 59.4 Å². The lowest BCUT2D eigenvalue weighted by molar-refractivity contribution is -0.127. The van der Waals surface area contributed by atoms with E-state index in [4.69, 9.17) is 10.2 Å². The molecule has 21 heavy (non-hydrogen) atoms. The van der Waals surface area contributed by atoms with Crippen LogP contribution < -0.4 is 10.6 Å². The molecule has 0 spiro atoms. The first-order valence-corrected chi connectivity index (χ1v) is 6.90. The van der Waals surface area contributed by atoms with Crippen molar-refractivity contribution in [1.29, 1.82) is 0 Å². The van der Waals surface area contributed by atoms with Gasteiger partial charge in [-0.15, -0.1) is 0 Å². The molecule has 0 fully saturated rings. The summed E-state index contributed by atoms with van der Waals surface area (Å²) in [6, 6.07) is 0. The highest BCUT2D eigenvalue weighted by Crippen LogP contribution is 2.16. The van der Waals surface area contributed by atoms with Crippen molar-refractivity contribution in [3.05, 3.63) is 0 Å². The largest absolute Gasteiger partial charge is 0.396 e.